The summed E-state index contributed by atoms with van der Waals surface area (Å²) in [5.41, 5.74) is 2.62. The molecule has 0 N–H and O–H groups in total. The van der Waals surface area contributed by atoms with Crippen LogP contribution in [0.3, 0.4) is 0 Å². The van der Waals surface area contributed by atoms with Crippen LogP contribution in [-0.4, -0.2) is 41.8 Å². The number of morpholine rings is 1. The minimum atomic E-state index is 0.311. The van der Waals surface area contributed by atoms with Gasteiger partial charge in [0, 0.05) is 24.8 Å². The lowest BCUT2D eigenvalue weighted by Gasteiger charge is -2.32. The monoisotopic (exact) mass is 258 g/mol. The largest absolute Gasteiger partial charge is 0.374 e. The minimum Gasteiger partial charge on any atom is -0.374 e. The zero-order chi connectivity index (χ0) is 13.2. The number of ether oxygens (including phenoxy) is 1. The molecular formula is C16H22N2O. The maximum atomic E-state index is 5.89. The van der Waals surface area contributed by atoms with Gasteiger partial charge in [0.2, 0.25) is 0 Å². The molecule has 1 fully saturated rings. The van der Waals surface area contributed by atoms with Gasteiger partial charge >= 0.3 is 0 Å². The van der Waals surface area contributed by atoms with Gasteiger partial charge in [0.25, 0.3) is 0 Å². The Morgan fingerprint density at radius 1 is 1.32 bits per heavy atom. The lowest BCUT2D eigenvalue weighted by atomic mass is 10.2. The standard InChI is InChI=1S/C16H22N2O/c1-3-17-8-9-19-15(11-17)12-18-7-6-14-10-13(2)4-5-16(14)18/h4-7,10,15H,3,8-9,11-12H2,1-2H3. The Labute approximate surface area is 114 Å². The molecular weight excluding hydrogens is 236 g/mol. The van der Waals surface area contributed by atoms with Crippen LogP contribution in [0, 0.1) is 6.92 Å². The smallest absolute Gasteiger partial charge is 0.0881 e. The predicted molar refractivity (Wildman–Crippen MR) is 78.5 cm³/mol. The lowest BCUT2D eigenvalue weighted by Crippen LogP contribution is -2.43. The maximum absolute atomic E-state index is 5.89. The molecule has 0 radical (unpaired) electrons. The molecule has 0 saturated carbocycles. The number of nitrogens with zero attached hydrogens (tertiary/aromatic N) is 2. The van der Waals surface area contributed by atoms with Gasteiger partial charge in [-0.15, -0.1) is 0 Å². The molecule has 1 aromatic carbocycles. The van der Waals surface area contributed by atoms with Gasteiger partial charge in [-0.2, -0.15) is 0 Å². The summed E-state index contributed by atoms with van der Waals surface area (Å²) in [6.45, 7) is 9.39. The van der Waals surface area contributed by atoms with Crippen molar-refractivity contribution < 1.29 is 4.74 Å². The minimum absolute atomic E-state index is 0.311. The number of likely N-dealkylation sites (N-methyl/N-ethyl adjacent to an activating group) is 1. The second-order valence-electron chi connectivity index (χ2n) is 5.42. The second kappa shape index (κ2) is 5.35. The van der Waals surface area contributed by atoms with Gasteiger partial charge in [-0.05, 0) is 37.1 Å². The summed E-state index contributed by atoms with van der Waals surface area (Å²) in [5, 5.41) is 1.32. The molecule has 0 bridgehead atoms. The van der Waals surface area contributed by atoms with E-state index in [1.165, 1.54) is 16.5 Å². The van der Waals surface area contributed by atoms with E-state index < -0.39 is 0 Å². The molecule has 3 rings (SSSR count). The highest BCUT2D eigenvalue weighted by Crippen LogP contribution is 2.19. The van der Waals surface area contributed by atoms with Crippen LogP contribution in [0.1, 0.15) is 12.5 Å². The summed E-state index contributed by atoms with van der Waals surface area (Å²) in [4.78, 5) is 2.46. The molecule has 0 amide bonds. The van der Waals surface area contributed by atoms with E-state index in [-0.39, 0.29) is 0 Å². The number of fused-ring (bicyclic) bond motifs is 1. The fourth-order valence-corrected chi connectivity index (χ4v) is 2.88. The van der Waals surface area contributed by atoms with E-state index in [2.05, 4.69) is 53.8 Å². The molecule has 19 heavy (non-hydrogen) atoms. The Bertz CT molecular complexity index is 561. The fourth-order valence-electron chi connectivity index (χ4n) is 2.88. The van der Waals surface area contributed by atoms with Crippen LogP contribution in [0.25, 0.3) is 10.9 Å². The van der Waals surface area contributed by atoms with Crippen LogP contribution in [0.5, 0.6) is 0 Å². The first-order chi connectivity index (χ1) is 9.26. The van der Waals surface area contributed by atoms with E-state index in [4.69, 9.17) is 4.74 Å². The van der Waals surface area contributed by atoms with E-state index in [0.29, 0.717) is 6.10 Å². The zero-order valence-electron chi connectivity index (χ0n) is 11.8. The highest BCUT2D eigenvalue weighted by Gasteiger charge is 2.19. The van der Waals surface area contributed by atoms with Crippen molar-refractivity contribution in [1.29, 1.82) is 0 Å². The summed E-state index contributed by atoms with van der Waals surface area (Å²) in [5.74, 6) is 0. The summed E-state index contributed by atoms with van der Waals surface area (Å²) >= 11 is 0. The van der Waals surface area contributed by atoms with Gasteiger partial charge in [-0.1, -0.05) is 18.6 Å². The van der Waals surface area contributed by atoms with Gasteiger partial charge in [-0.25, -0.2) is 0 Å². The average Bonchev–Trinajstić information content (AvgIpc) is 2.81. The van der Waals surface area contributed by atoms with Crippen molar-refractivity contribution in [1.82, 2.24) is 9.47 Å². The Kier molecular flexibility index (Phi) is 3.58. The zero-order valence-corrected chi connectivity index (χ0v) is 11.8. The van der Waals surface area contributed by atoms with Crippen LogP contribution >= 0.6 is 0 Å². The fraction of sp³-hybridized carbons (Fsp3) is 0.500. The Hall–Kier alpha value is -1.32. The first kappa shape index (κ1) is 12.7. The molecule has 1 aliphatic heterocycles. The van der Waals surface area contributed by atoms with Crippen molar-refractivity contribution in [3.63, 3.8) is 0 Å². The van der Waals surface area contributed by atoms with Crippen LogP contribution in [0.4, 0.5) is 0 Å². The highest BCUT2D eigenvalue weighted by molar-refractivity contribution is 5.80. The van der Waals surface area contributed by atoms with E-state index in [0.717, 1.165) is 32.8 Å². The topological polar surface area (TPSA) is 17.4 Å². The number of hydrogen-bond donors (Lipinski definition) is 0. The Balaban J connectivity index is 1.77. The van der Waals surface area contributed by atoms with Crippen LogP contribution in [0.15, 0.2) is 30.5 Å². The number of hydrogen-bond acceptors (Lipinski definition) is 2. The van der Waals surface area contributed by atoms with E-state index in [1.807, 2.05) is 0 Å². The van der Waals surface area contributed by atoms with Crippen molar-refractivity contribution in [2.24, 2.45) is 0 Å². The Morgan fingerprint density at radius 2 is 2.21 bits per heavy atom. The van der Waals surface area contributed by atoms with Gasteiger partial charge in [-0.3, -0.25) is 4.90 Å². The molecule has 0 aliphatic carbocycles. The molecule has 1 saturated heterocycles. The van der Waals surface area contributed by atoms with Crippen molar-refractivity contribution in [3.8, 4) is 0 Å². The number of benzene rings is 1. The summed E-state index contributed by atoms with van der Waals surface area (Å²) < 4.78 is 8.21. The van der Waals surface area contributed by atoms with Crippen LogP contribution < -0.4 is 0 Å². The molecule has 3 nitrogen and oxygen atoms in total. The van der Waals surface area contributed by atoms with Gasteiger partial charge in [0.1, 0.15) is 0 Å². The number of rotatable bonds is 3. The molecule has 102 valence electrons. The van der Waals surface area contributed by atoms with Crippen LogP contribution in [0.2, 0.25) is 0 Å². The Morgan fingerprint density at radius 3 is 3.05 bits per heavy atom. The molecule has 1 aliphatic rings. The van der Waals surface area contributed by atoms with Crippen LogP contribution in [-0.2, 0) is 11.3 Å². The van der Waals surface area contributed by atoms with Gasteiger partial charge in [0.15, 0.2) is 0 Å². The van der Waals surface area contributed by atoms with Crippen molar-refractivity contribution in [2.75, 3.05) is 26.2 Å². The summed E-state index contributed by atoms with van der Waals surface area (Å²) in [6, 6.07) is 8.83. The van der Waals surface area contributed by atoms with Crippen molar-refractivity contribution >= 4 is 10.9 Å². The first-order valence-corrected chi connectivity index (χ1v) is 7.15. The third-order valence-corrected chi connectivity index (χ3v) is 4.00. The molecule has 1 aromatic heterocycles. The quantitative estimate of drug-likeness (QED) is 0.842. The molecule has 0 spiro atoms. The highest BCUT2D eigenvalue weighted by atomic mass is 16.5. The second-order valence-corrected chi connectivity index (χ2v) is 5.42. The SMILES string of the molecule is CCN1CCOC(Cn2ccc3cc(C)ccc32)C1. The molecule has 2 heterocycles. The number of aryl methyl sites for hydroxylation is 1. The maximum Gasteiger partial charge on any atom is 0.0881 e. The first-order valence-electron chi connectivity index (χ1n) is 7.15. The molecule has 1 unspecified atom stereocenters. The predicted octanol–water partition coefficient (Wildman–Crippen LogP) is 2.67. The van der Waals surface area contributed by atoms with E-state index >= 15 is 0 Å². The summed E-state index contributed by atoms with van der Waals surface area (Å²) in [6.07, 6.45) is 2.49. The summed E-state index contributed by atoms with van der Waals surface area (Å²) in [7, 11) is 0. The van der Waals surface area contributed by atoms with E-state index in [9.17, 15) is 0 Å². The average molecular weight is 258 g/mol. The third-order valence-electron chi connectivity index (χ3n) is 4.00. The van der Waals surface area contributed by atoms with E-state index in [1.54, 1.807) is 0 Å². The molecule has 2 aromatic rings. The van der Waals surface area contributed by atoms with Gasteiger partial charge < -0.3 is 9.30 Å². The number of aromatic nitrogens is 1. The van der Waals surface area contributed by atoms with Crippen molar-refractivity contribution in [2.45, 2.75) is 26.5 Å². The lowest BCUT2D eigenvalue weighted by molar-refractivity contribution is -0.0337. The van der Waals surface area contributed by atoms with Gasteiger partial charge in [0.05, 0.1) is 19.3 Å². The third kappa shape index (κ3) is 2.67. The van der Waals surface area contributed by atoms with Crippen molar-refractivity contribution in [3.05, 3.63) is 36.0 Å². The molecule has 3 heteroatoms. The normalized spacial score (nSPS) is 21.1. The molecule has 1 atom stereocenters.